The number of nitrogens with one attached hydrogen (secondary N) is 1. The number of nitrogens with two attached hydrogens (primary N) is 1. The summed E-state index contributed by atoms with van der Waals surface area (Å²) < 4.78 is 7.31. The molecule has 19 heavy (non-hydrogen) atoms. The van der Waals surface area contributed by atoms with Crippen molar-refractivity contribution in [3.05, 3.63) is 33.4 Å². The Labute approximate surface area is 128 Å². The molecule has 3 rings (SSSR count). The minimum atomic E-state index is 0.179. The molecule has 0 amide bonds. The van der Waals surface area contributed by atoms with Crippen LogP contribution in [0, 0.1) is 9.49 Å². The minimum absolute atomic E-state index is 0.179. The fourth-order valence-electron chi connectivity index (χ4n) is 3.48. The van der Waals surface area contributed by atoms with Crippen molar-refractivity contribution in [1.29, 1.82) is 0 Å². The highest BCUT2D eigenvalue weighted by Gasteiger charge is 2.44. The second kappa shape index (κ2) is 5.68. The summed E-state index contributed by atoms with van der Waals surface area (Å²) in [5.74, 6) is 6.44. The quantitative estimate of drug-likeness (QED) is 0.487. The van der Waals surface area contributed by atoms with Gasteiger partial charge in [0.1, 0.15) is 0 Å². The molecule has 0 aromatic heterocycles. The molecular weight excluding hydrogens is 351 g/mol. The van der Waals surface area contributed by atoms with Gasteiger partial charge in [0.05, 0.1) is 11.6 Å². The monoisotopic (exact) mass is 372 g/mol. The second-order valence-electron chi connectivity index (χ2n) is 5.80. The molecular formula is C15H21IN2O. The largest absolute Gasteiger partial charge is 0.375 e. The van der Waals surface area contributed by atoms with Crippen molar-refractivity contribution in [3.63, 3.8) is 0 Å². The molecule has 1 saturated heterocycles. The maximum Gasteiger partial charge on any atom is 0.0686 e. The number of rotatable bonds is 3. The van der Waals surface area contributed by atoms with E-state index in [-0.39, 0.29) is 11.6 Å². The first-order chi connectivity index (χ1) is 9.24. The second-order valence-corrected chi connectivity index (χ2v) is 6.97. The molecule has 3 N–H and O–H groups in total. The molecule has 2 fully saturated rings. The Morgan fingerprint density at radius 3 is 2.79 bits per heavy atom. The van der Waals surface area contributed by atoms with E-state index in [2.05, 4.69) is 52.3 Å². The fraction of sp³-hybridized carbons (Fsp3) is 0.600. The summed E-state index contributed by atoms with van der Waals surface area (Å²) in [5.41, 5.74) is 4.56. The van der Waals surface area contributed by atoms with Crippen LogP contribution in [-0.4, -0.2) is 12.2 Å². The van der Waals surface area contributed by atoms with Crippen LogP contribution in [0.1, 0.15) is 43.7 Å². The number of hydrogen-bond donors (Lipinski definition) is 2. The van der Waals surface area contributed by atoms with Crippen LogP contribution in [0.5, 0.6) is 0 Å². The molecule has 2 unspecified atom stereocenters. The zero-order valence-corrected chi connectivity index (χ0v) is 13.2. The average Bonchev–Trinajstić information content (AvgIpc) is 2.40. The molecule has 2 atom stereocenters. The molecule has 2 aliphatic rings. The zero-order chi connectivity index (χ0) is 13.3. The SMILES string of the molecule is NNC(c1ccccc1I)C1CCOC2(CCC2)C1. The molecule has 3 nitrogen and oxygen atoms in total. The molecule has 1 aliphatic heterocycles. The first kappa shape index (κ1) is 13.8. The van der Waals surface area contributed by atoms with E-state index in [1.54, 1.807) is 0 Å². The van der Waals surface area contributed by atoms with E-state index in [1.165, 1.54) is 28.4 Å². The lowest BCUT2D eigenvalue weighted by molar-refractivity contribution is -0.147. The summed E-state index contributed by atoms with van der Waals surface area (Å²) in [5, 5.41) is 0. The number of ether oxygens (including phenoxy) is 1. The number of hydrogen-bond acceptors (Lipinski definition) is 3. The molecule has 1 heterocycles. The average molecular weight is 372 g/mol. The highest BCUT2D eigenvalue weighted by Crippen LogP contribution is 2.47. The van der Waals surface area contributed by atoms with Crippen LogP contribution in [0.25, 0.3) is 0 Å². The molecule has 0 bridgehead atoms. The summed E-state index contributed by atoms with van der Waals surface area (Å²) in [6.45, 7) is 0.881. The Kier molecular flexibility index (Phi) is 4.12. The Hall–Kier alpha value is -0.170. The lowest BCUT2D eigenvalue weighted by Gasteiger charge is -2.48. The highest BCUT2D eigenvalue weighted by molar-refractivity contribution is 14.1. The van der Waals surface area contributed by atoms with Gasteiger partial charge in [0.25, 0.3) is 0 Å². The molecule has 1 spiro atoms. The molecule has 4 heteroatoms. The van der Waals surface area contributed by atoms with Crippen LogP contribution >= 0.6 is 22.6 Å². The Morgan fingerprint density at radius 2 is 2.16 bits per heavy atom. The van der Waals surface area contributed by atoms with Gasteiger partial charge in [0.2, 0.25) is 0 Å². The minimum Gasteiger partial charge on any atom is -0.375 e. The normalized spacial score (nSPS) is 26.9. The number of benzene rings is 1. The van der Waals surface area contributed by atoms with E-state index in [9.17, 15) is 0 Å². The summed E-state index contributed by atoms with van der Waals surface area (Å²) in [4.78, 5) is 0. The van der Waals surface area contributed by atoms with Crippen molar-refractivity contribution in [1.82, 2.24) is 5.43 Å². The number of hydrazine groups is 1. The van der Waals surface area contributed by atoms with Crippen LogP contribution in [0.2, 0.25) is 0 Å². The fourth-order valence-corrected chi connectivity index (χ4v) is 4.20. The standard InChI is InChI=1S/C15H21IN2O/c16-13-5-2-1-4-12(13)14(18-17)11-6-9-19-15(10-11)7-3-8-15/h1-2,4-5,11,14,18H,3,6-10,17H2. The Bertz CT molecular complexity index is 448. The van der Waals surface area contributed by atoms with E-state index in [4.69, 9.17) is 10.6 Å². The topological polar surface area (TPSA) is 47.3 Å². The molecule has 104 valence electrons. The molecule has 1 aromatic rings. The van der Waals surface area contributed by atoms with Crippen molar-refractivity contribution < 1.29 is 4.74 Å². The van der Waals surface area contributed by atoms with E-state index in [0.29, 0.717) is 5.92 Å². The lowest BCUT2D eigenvalue weighted by Crippen LogP contribution is -2.48. The van der Waals surface area contributed by atoms with Gasteiger partial charge in [0, 0.05) is 10.2 Å². The van der Waals surface area contributed by atoms with Gasteiger partial charge in [-0.15, -0.1) is 0 Å². The summed E-state index contributed by atoms with van der Waals surface area (Å²) in [7, 11) is 0. The molecule has 1 aromatic carbocycles. The van der Waals surface area contributed by atoms with Gasteiger partial charge >= 0.3 is 0 Å². The maximum absolute atomic E-state index is 6.02. The van der Waals surface area contributed by atoms with E-state index in [1.807, 2.05) is 0 Å². The van der Waals surface area contributed by atoms with E-state index in [0.717, 1.165) is 19.4 Å². The van der Waals surface area contributed by atoms with Gasteiger partial charge in [-0.3, -0.25) is 11.3 Å². The van der Waals surface area contributed by atoms with Crippen molar-refractivity contribution in [3.8, 4) is 0 Å². The van der Waals surface area contributed by atoms with Crippen LogP contribution in [0.15, 0.2) is 24.3 Å². The summed E-state index contributed by atoms with van der Waals surface area (Å²) in [6.07, 6.45) is 6.02. The van der Waals surface area contributed by atoms with Crippen molar-refractivity contribution in [2.24, 2.45) is 11.8 Å². The maximum atomic E-state index is 6.02. The smallest absolute Gasteiger partial charge is 0.0686 e. The summed E-state index contributed by atoms with van der Waals surface area (Å²) in [6, 6.07) is 8.76. The molecule has 1 aliphatic carbocycles. The lowest BCUT2D eigenvalue weighted by atomic mass is 9.70. The first-order valence-electron chi connectivity index (χ1n) is 7.09. The molecule has 0 radical (unpaired) electrons. The van der Waals surface area contributed by atoms with Gasteiger partial charge in [0.15, 0.2) is 0 Å². The third-order valence-electron chi connectivity index (χ3n) is 4.69. The summed E-state index contributed by atoms with van der Waals surface area (Å²) >= 11 is 2.40. The van der Waals surface area contributed by atoms with E-state index < -0.39 is 0 Å². The number of halogens is 1. The third kappa shape index (κ3) is 2.68. The third-order valence-corrected chi connectivity index (χ3v) is 5.67. The van der Waals surface area contributed by atoms with Crippen molar-refractivity contribution >= 4 is 22.6 Å². The van der Waals surface area contributed by atoms with Gasteiger partial charge in [-0.2, -0.15) is 0 Å². The Morgan fingerprint density at radius 1 is 1.37 bits per heavy atom. The van der Waals surface area contributed by atoms with Crippen LogP contribution in [0.4, 0.5) is 0 Å². The van der Waals surface area contributed by atoms with Gasteiger partial charge in [-0.05, 0) is 72.2 Å². The first-order valence-corrected chi connectivity index (χ1v) is 8.16. The van der Waals surface area contributed by atoms with Crippen molar-refractivity contribution in [2.75, 3.05) is 6.61 Å². The van der Waals surface area contributed by atoms with E-state index >= 15 is 0 Å². The van der Waals surface area contributed by atoms with Crippen LogP contribution < -0.4 is 11.3 Å². The van der Waals surface area contributed by atoms with Crippen molar-refractivity contribution in [2.45, 2.75) is 43.7 Å². The van der Waals surface area contributed by atoms with Gasteiger partial charge in [-0.25, -0.2) is 0 Å². The Balaban J connectivity index is 1.80. The highest BCUT2D eigenvalue weighted by atomic mass is 127. The van der Waals surface area contributed by atoms with Crippen LogP contribution in [-0.2, 0) is 4.74 Å². The predicted octanol–water partition coefficient (Wildman–Crippen LogP) is 3.14. The zero-order valence-electron chi connectivity index (χ0n) is 11.1. The van der Waals surface area contributed by atoms with Gasteiger partial charge in [-0.1, -0.05) is 18.2 Å². The van der Waals surface area contributed by atoms with Gasteiger partial charge < -0.3 is 4.74 Å². The predicted molar refractivity (Wildman–Crippen MR) is 84.5 cm³/mol. The van der Waals surface area contributed by atoms with Crippen LogP contribution in [0.3, 0.4) is 0 Å². The molecule has 1 saturated carbocycles.